The van der Waals surface area contributed by atoms with Crippen LogP contribution in [0.15, 0.2) is 51.9 Å². The van der Waals surface area contributed by atoms with Gasteiger partial charge in [-0.05, 0) is 49.2 Å². The maximum atomic E-state index is 14.0. The van der Waals surface area contributed by atoms with Gasteiger partial charge < -0.3 is 9.26 Å². The van der Waals surface area contributed by atoms with Crippen LogP contribution < -0.4 is 4.74 Å². The molecule has 158 valence electrons. The number of halogens is 2. The monoisotopic (exact) mass is 435 g/mol. The van der Waals surface area contributed by atoms with Gasteiger partial charge in [-0.1, -0.05) is 11.2 Å². The number of hydrogen-bond acceptors (Lipinski definition) is 6. The number of aromatic nitrogens is 2. The van der Waals surface area contributed by atoms with Crippen molar-refractivity contribution >= 4 is 10.0 Å². The average Bonchev–Trinajstić information content (AvgIpc) is 3.24. The summed E-state index contributed by atoms with van der Waals surface area (Å²) in [6, 6.07) is 10.2. The van der Waals surface area contributed by atoms with Crippen LogP contribution in [0, 0.1) is 11.6 Å². The van der Waals surface area contributed by atoms with Crippen LogP contribution >= 0.6 is 0 Å². The van der Waals surface area contributed by atoms with E-state index in [0.717, 1.165) is 28.1 Å². The third-order valence-corrected chi connectivity index (χ3v) is 7.06. The molecule has 0 amide bonds. The fourth-order valence-corrected chi connectivity index (χ4v) is 5.04. The van der Waals surface area contributed by atoms with Crippen LogP contribution in [0.4, 0.5) is 8.78 Å². The van der Waals surface area contributed by atoms with E-state index in [4.69, 9.17) is 9.26 Å². The molecule has 1 aromatic heterocycles. The molecule has 1 aliphatic heterocycles. The number of rotatable bonds is 5. The topological polar surface area (TPSA) is 85.5 Å². The van der Waals surface area contributed by atoms with Gasteiger partial charge in [-0.15, -0.1) is 0 Å². The van der Waals surface area contributed by atoms with Crippen molar-refractivity contribution in [2.75, 3.05) is 20.2 Å². The summed E-state index contributed by atoms with van der Waals surface area (Å²) in [5.41, 5.74) is 0.765. The number of benzene rings is 2. The minimum atomic E-state index is -4.27. The molecule has 7 nitrogen and oxygen atoms in total. The molecule has 0 bridgehead atoms. The van der Waals surface area contributed by atoms with Gasteiger partial charge in [-0.3, -0.25) is 0 Å². The molecule has 1 aliphatic rings. The highest BCUT2D eigenvalue weighted by Crippen LogP contribution is 2.32. The Morgan fingerprint density at radius 2 is 1.70 bits per heavy atom. The second-order valence-electron chi connectivity index (χ2n) is 6.91. The maximum absolute atomic E-state index is 14.0. The summed E-state index contributed by atoms with van der Waals surface area (Å²) in [4.78, 5) is 3.51. The number of hydrogen-bond donors (Lipinski definition) is 0. The van der Waals surface area contributed by atoms with Gasteiger partial charge in [-0.2, -0.15) is 9.29 Å². The summed E-state index contributed by atoms with van der Waals surface area (Å²) < 4.78 is 64.9. The Bertz CT molecular complexity index is 1120. The number of nitrogens with zero attached hydrogens (tertiary/aromatic N) is 3. The highest BCUT2D eigenvalue weighted by molar-refractivity contribution is 7.89. The van der Waals surface area contributed by atoms with E-state index in [1.807, 2.05) is 12.1 Å². The Balaban J connectivity index is 1.47. The van der Waals surface area contributed by atoms with Crippen LogP contribution in [-0.4, -0.2) is 43.1 Å². The third-order valence-electron chi connectivity index (χ3n) is 5.11. The molecule has 0 spiro atoms. The predicted octanol–water partition coefficient (Wildman–Crippen LogP) is 3.59. The van der Waals surface area contributed by atoms with Crippen LogP contribution in [0.1, 0.15) is 24.7 Å². The van der Waals surface area contributed by atoms with Gasteiger partial charge in [0.2, 0.25) is 21.7 Å². The van der Waals surface area contributed by atoms with Crippen LogP contribution in [0.3, 0.4) is 0 Å². The van der Waals surface area contributed by atoms with Crippen molar-refractivity contribution in [2.24, 2.45) is 0 Å². The molecular weight excluding hydrogens is 416 g/mol. The number of piperidine rings is 1. The van der Waals surface area contributed by atoms with E-state index < -0.39 is 26.6 Å². The first-order chi connectivity index (χ1) is 14.4. The molecule has 0 aliphatic carbocycles. The van der Waals surface area contributed by atoms with Gasteiger partial charge in [0.25, 0.3) is 0 Å². The summed E-state index contributed by atoms with van der Waals surface area (Å²) in [6.45, 7) is 0.196. The van der Waals surface area contributed by atoms with Crippen molar-refractivity contribution in [2.45, 2.75) is 23.7 Å². The normalized spacial score (nSPS) is 16.0. The molecule has 10 heteroatoms. The lowest BCUT2D eigenvalue weighted by atomic mass is 9.98. The van der Waals surface area contributed by atoms with Crippen molar-refractivity contribution in [3.63, 3.8) is 0 Å². The van der Waals surface area contributed by atoms with E-state index >= 15 is 0 Å². The minimum absolute atomic E-state index is 0.0982. The first-order valence-electron chi connectivity index (χ1n) is 9.32. The van der Waals surface area contributed by atoms with Crippen LogP contribution in [0.2, 0.25) is 0 Å². The molecule has 4 rings (SSSR count). The Morgan fingerprint density at radius 3 is 2.30 bits per heavy atom. The van der Waals surface area contributed by atoms with E-state index in [2.05, 4.69) is 10.1 Å². The predicted molar refractivity (Wildman–Crippen MR) is 103 cm³/mol. The summed E-state index contributed by atoms with van der Waals surface area (Å²) in [6.07, 6.45) is 0.805. The average molecular weight is 435 g/mol. The molecule has 0 N–H and O–H groups in total. The smallest absolute Gasteiger partial charge is 0.248 e. The molecule has 2 aromatic carbocycles. The van der Waals surface area contributed by atoms with Gasteiger partial charge in [0, 0.05) is 24.6 Å². The second kappa shape index (κ2) is 8.11. The van der Waals surface area contributed by atoms with Crippen molar-refractivity contribution in [1.29, 1.82) is 0 Å². The SMILES string of the molecule is COc1ccc(-c2noc(C3CCN(S(=O)(=O)c4c(F)cccc4F)CC3)n2)cc1. The van der Waals surface area contributed by atoms with E-state index in [1.165, 1.54) is 0 Å². The highest BCUT2D eigenvalue weighted by Gasteiger charge is 2.35. The molecule has 0 saturated carbocycles. The Hall–Kier alpha value is -2.85. The number of methoxy groups -OCH3 is 1. The maximum Gasteiger partial charge on any atom is 0.248 e. The van der Waals surface area contributed by atoms with Gasteiger partial charge in [0.1, 0.15) is 17.4 Å². The molecule has 0 radical (unpaired) electrons. The van der Waals surface area contributed by atoms with Gasteiger partial charge >= 0.3 is 0 Å². The summed E-state index contributed by atoms with van der Waals surface area (Å²) in [5, 5.41) is 4.00. The standard InChI is InChI=1S/C20H19F2N3O4S/c1-28-15-7-5-13(6-8-15)19-23-20(29-24-19)14-9-11-25(12-10-14)30(26,27)18-16(21)3-2-4-17(18)22/h2-8,14H,9-12H2,1H3. The Morgan fingerprint density at radius 1 is 1.07 bits per heavy atom. The van der Waals surface area contributed by atoms with Crippen LogP contribution in [0.5, 0.6) is 5.75 Å². The lowest BCUT2D eigenvalue weighted by Crippen LogP contribution is -2.38. The van der Waals surface area contributed by atoms with E-state index in [9.17, 15) is 17.2 Å². The van der Waals surface area contributed by atoms with Gasteiger partial charge in [-0.25, -0.2) is 17.2 Å². The lowest BCUT2D eigenvalue weighted by molar-refractivity contribution is 0.269. The zero-order valence-electron chi connectivity index (χ0n) is 16.1. The lowest BCUT2D eigenvalue weighted by Gasteiger charge is -2.29. The van der Waals surface area contributed by atoms with E-state index in [-0.39, 0.29) is 19.0 Å². The Kier molecular flexibility index (Phi) is 5.52. The Labute approximate surface area is 172 Å². The van der Waals surface area contributed by atoms with E-state index in [1.54, 1.807) is 19.2 Å². The molecule has 0 unspecified atom stereocenters. The molecule has 0 atom stereocenters. The largest absolute Gasteiger partial charge is 0.497 e. The first-order valence-corrected chi connectivity index (χ1v) is 10.8. The summed E-state index contributed by atoms with van der Waals surface area (Å²) >= 11 is 0. The van der Waals surface area contributed by atoms with Crippen molar-refractivity contribution in [3.05, 3.63) is 60.0 Å². The molecule has 30 heavy (non-hydrogen) atoms. The fraction of sp³-hybridized carbons (Fsp3) is 0.300. The molecule has 1 fully saturated rings. The fourth-order valence-electron chi connectivity index (χ4n) is 3.46. The quantitative estimate of drug-likeness (QED) is 0.609. The van der Waals surface area contributed by atoms with Crippen LogP contribution in [0.25, 0.3) is 11.4 Å². The minimum Gasteiger partial charge on any atom is -0.497 e. The zero-order chi connectivity index (χ0) is 21.3. The summed E-state index contributed by atoms with van der Waals surface area (Å²) in [7, 11) is -2.69. The van der Waals surface area contributed by atoms with Crippen molar-refractivity contribution < 1.29 is 26.5 Å². The first kappa shape index (κ1) is 20.4. The zero-order valence-corrected chi connectivity index (χ0v) is 16.9. The molecule has 2 heterocycles. The van der Waals surface area contributed by atoms with Gasteiger partial charge in [0.15, 0.2) is 4.90 Å². The summed E-state index contributed by atoms with van der Waals surface area (Å²) in [5.74, 6) is -0.786. The number of ether oxygens (including phenoxy) is 1. The van der Waals surface area contributed by atoms with Crippen molar-refractivity contribution in [1.82, 2.24) is 14.4 Å². The highest BCUT2D eigenvalue weighted by atomic mass is 32.2. The third kappa shape index (κ3) is 3.80. The van der Waals surface area contributed by atoms with E-state index in [0.29, 0.717) is 30.3 Å². The molecule has 3 aromatic rings. The van der Waals surface area contributed by atoms with Gasteiger partial charge in [0.05, 0.1) is 7.11 Å². The molecular formula is C20H19F2N3O4S. The molecule has 1 saturated heterocycles. The second-order valence-corrected chi connectivity index (χ2v) is 8.79. The van der Waals surface area contributed by atoms with Crippen molar-refractivity contribution in [3.8, 4) is 17.1 Å². The van der Waals surface area contributed by atoms with Crippen LogP contribution in [-0.2, 0) is 10.0 Å². The number of sulfonamides is 1.